The van der Waals surface area contributed by atoms with E-state index in [1.165, 1.54) is 24.3 Å². The van der Waals surface area contributed by atoms with Gasteiger partial charge < -0.3 is 14.4 Å². The number of carbonyl (C=O) groups is 1. The van der Waals surface area contributed by atoms with Gasteiger partial charge in [0.1, 0.15) is 17.3 Å². The van der Waals surface area contributed by atoms with Crippen molar-refractivity contribution < 1.29 is 27.1 Å². The normalized spacial score (nSPS) is 17.5. The fourth-order valence-electron chi connectivity index (χ4n) is 3.31. The third kappa shape index (κ3) is 6.19. The van der Waals surface area contributed by atoms with Crippen LogP contribution in [0.2, 0.25) is 0 Å². The van der Waals surface area contributed by atoms with Gasteiger partial charge in [0, 0.05) is 12.6 Å². The van der Waals surface area contributed by atoms with E-state index in [1.54, 1.807) is 4.90 Å². The average molecular weight is 436 g/mol. The van der Waals surface area contributed by atoms with Gasteiger partial charge in [-0.3, -0.25) is 4.79 Å². The van der Waals surface area contributed by atoms with Crippen LogP contribution in [-0.4, -0.2) is 50.0 Å². The Bertz CT molecular complexity index is 944. The molecule has 162 valence electrons. The quantitative estimate of drug-likeness (QED) is 0.605. The number of ether oxygens (including phenoxy) is 2. The van der Waals surface area contributed by atoms with Crippen LogP contribution < -0.4 is 9.47 Å². The minimum Gasteiger partial charge on any atom is -0.494 e. The number of amides is 1. The summed E-state index contributed by atoms with van der Waals surface area (Å²) < 4.78 is 48.0. The Balaban J connectivity index is 1.69. The molecule has 0 aliphatic carbocycles. The fraction of sp³-hybridized carbons (Fsp3) is 0.409. The molecule has 1 aliphatic heterocycles. The molecular formula is C22H26FNO5S. The van der Waals surface area contributed by atoms with Crippen molar-refractivity contribution >= 4 is 15.7 Å². The predicted molar refractivity (Wildman–Crippen MR) is 112 cm³/mol. The minimum absolute atomic E-state index is 0.0486. The molecule has 1 heterocycles. The van der Waals surface area contributed by atoms with Gasteiger partial charge in [-0.15, -0.1) is 0 Å². The van der Waals surface area contributed by atoms with Crippen molar-refractivity contribution in [3.8, 4) is 11.5 Å². The molecule has 0 N–H and O–H groups in total. The van der Waals surface area contributed by atoms with Crippen LogP contribution in [0.15, 0.2) is 48.5 Å². The first-order valence-corrected chi connectivity index (χ1v) is 11.8. The van der Waals surface area contributed by atoms with Crippen LogP contribution in [0.4, 0.5) is 4.39 Å². The lowest BCUT2D eigenvalue weighted by atomic mass is 10.1. The monoisotopic (exact) mass is 435 g/mol. The highest BCUT2D eigenvalue weighted by Gasteiger charge is 2.34. The Labute approximate surface area is 176 Å². The van der Waals surface area contributed by atoms with Crippen molar-refractivity contribution in [2.75, 3.05) is 24.7 Å². The largest absolute Gasteiger partial charge is 0.494 e. The smallest absolute Gasteiger partial charge is 0.261 e. The first-order valence-electron chi connectivity index (χ1n) is 9.96. The maximum absolute atomic E-state index is 13.0. The molecule has 1 amide bonds. The predicted octanol–water partition coefficient (Wildman–Crippen LogP) is 3.21. The first-order chi connectivity index (χ1) is 14.4. The molecule has 1 saturated heterocycles. The van der Waals surface area contributed by atoms with E-state index in [9.17, 15) is 17.6 Å². The van der Waals surface area contributed by atoms with Gasteiger partial charge in [0.15, 0.2) is 16.4 Å². The minimum atomic E-state index is -3.15. The number of hydrogen-bond donors (Lipinski definition) is 0. The van der Waals surface area contributed by atoms with Crippen LogP contribution >= 0.6 is 0 Å². The third-order valence-corrected chi connectivity index (χ3v) is 6.64. The summed E-state index contributed by atoms with van der Waals surface area (Å²) in [5.41, 5.74) is 0.873. The summed E-state index contributed by atoms with van der Waals surface area (Å²) >= 11 is 0. The van der Waals surface area contributed by atoms with Gasteiger partial charge in [0.05, 0.1) is 18.1 Å². The van der Waals surface area contributed by atoms with Gasteiger partial charge in [0.2, 0.25) is 0 Å². The highest BCUT2D eigenvalue weighted by atomic mass is 32.2. The summed E-state index contributed by atoms with van der Waals surface area (Å²) in [6.45, 7) is 2.69. The molecule has 0 aromatic heterocycles. The molecule has 1 aliphatic rings. The van der Waals surface area contributed by atoms with Crippen molar-refractivity contribution in [1.82, 2.24) is 4.90 Å². The van der Waals surface area contributed by atoms with Gasteiger partial charge in [-0.05, 0) is 54.8 Å². The van der Waals surface area contributed by atoms with Crippen LogP contribution in [0.25, 0.3) is 0 Å². The summed E-state index contributed by atoms with van der Waals surface area (Å²) in [5, 5.41) is 0. The van der Waals surface area contributed by atoms with E-state index in [2.05, 4.69) is 0 Å². The van der Waals surface area contributed by atoms with Gasteiger partial charge in [-0.2, -0.15) is 0 Å². The van der Waals surface area contributed by atoms with Crippen LogP contribution in [0.5, 0.6) is 11.5 Å². The zero-order chi connectivity index (χ0) is 21.6. The molecule has 0 bridgehead atoms. The second-order valence-corrected chi connectivity index (χ2v) is 9.54. The number of carbonyl (C=O) groups excluding carboxylic acids is 1. The molecule has 1 atom stereocenters. The fourth-order valence-corrected chi connectivity index (χ4v) is 5.04. The van der Waals surface area contributed by atoms with E-state index in [1.807, 2.05) is 31.2 Å². The number of benzene rings is 2. The van der Waals surface area contributed by atoms with E-state index in [-0.39, 0.29) is 30.6 Å². The van der Waals surface area contributed by atoms with Crippen LogP contribution in [0.3, 0.4) is 0 Å². The molecule has 2 aromatic rings. The Morgan fingerprint density at radius 3 is 2.30 bits per heavy atom. The van der Waals surface area contributed by atoms with E-state index >= 15 is 0 Å². The molecule has 3 rings (SSSR count). The van der Waals surface area contributed by atoms with Crippen LogP contribution in [-0.2, 0) is 21.2 Å². The summed E-state index contributed by atoms with van der Waals surface area (Å²) in [6.07, 6.45) is 1.32. The molecule has 6 nitrogen and oxygen atoms in total. The maximum atomic E-state index is 13.0. The molecule has 1 unspecified atom stereocenters. The Morgan fingerprint density at radius 2 is 1.70 bits per heavy atom. The summed E-state index contributed by atoms with van der Waals surface area (Å²) in [6, 6.07) is 12.4. The van der Waals surface area contributed by atoms with Gasteiger partial charge in [-0.25, -0.2) is 12.8 Å². The van der Waals surface area contributed by atoms with E-state index < -0.39 is 21.7 Å². The van der Waals surface area contributed by atoms with Gasteiger partial charge in [-0.1, -0.05) is 19.1 Å². The zero-order valence-electron chi connectivity index (χ0n) is 16.9. The van der Waals surface area contributed by atoms with Crippen molar-refractivity contribution in [3.63, 3.8) is 0 Å². The maximum Gasteiger partial charge on any atom is 0.261 e. The summed E-state index contributed by atoms with van der Waals surface area (Å²) in [4.78, 5) is 14.5. The summed E-state index contributed by atoms with van der Waals surface area (Å²) in [7, 11) is -3.15. The molecule has 8 heteroatoms. The molecule has 1 fully saturated rings. The Morgan fingerprint density at radius 1 is 1.07 bits per heavy atom. The topological polar surface area (TPSA) is 72.9 Å². The van der Waals surface area contributed by atoms with Crippen molar-refractivity contribution in [1.29, 1.82) is 0 Å². The second kappa shape index (κ2) is 9.93. The van der Waals surface area contributed by atoms with E-state index in [0.717, 1.165) is 17.7 Å². The highest BCUT2D eigenvalue weighted by molar-refractivity contribution is 7.91. The number of hydrogen-bond acceptors (Lipinski definition) is 5. The Kier molecular flexibility index (Phi) is 7.31. The highest BCUT2D eigenvalue weighted by Crippen LogP contribution is 2.22. The standard InChI is InChI=1S/C22H26FNO5S/c1-2-12-28-20-7-3-17(4-8-20)14-24(19-11-13-30(26,27)16-19)22(25)15-29-21-9-5-18(23)6-10-21/h3-10,19H,2,11-16H2,1H3. The number of halogens is 1. The Hall–Kier alpha value is -2.61. The zero-order valence-corrected chi connectivity index (χ0v) is 17.7. The first kappa shape index (κ1) is 22.1. The lowest BCUT2D eigenvalue weighted by Gasteiger charge is -2.28. The molecule has 0 spiro atoms. The molecular weight excluding hydrogens is 409 g/mol. The average Bonchev–Trinajstić information content (AvgIpc) is 3.10. The van der Waals surface area contributed by atoms with Crippen molar-refractivity contribution in [2.45, 2.75) is 32.4 Å². The number of nitrogens with zero attached hydrogens (tertiary/aromatic N) is 1. The number of rotatable bonds is 9. The van der Waals surface area contributed by atoms with E-state index in [0.29, 0.717) is 18.8 Å². The SMILES string of the molecule is CCCOc1ccc(CN(C(=O)COc2ccc(F)cc2)C2CCS(=O)(=O)C2)cc1. The van der Waals surface area contributed by atoms with Crippen molar-refractivity contribution in [2.24, 2.45) is 0 Å². The van der Waals surface area contributed by atoms with Crippen LogP contribution in [0.1, 0.15) is 25.3 Å². The molecule has 30 heavy (non-hydrogen) atoms. The van der Waals surface area contributed by atoms with Crippen molar-refractivity contribution in [3.05, 3.63) is 59.9 Å². The lowest BCUT2D eigenvalue weighted by Crippen LogP contribution is -2.43. The van der Waals surface area contributed by atoms with Gasteiger partial charge in [0.25, 0.3) is 5.91 Å². The molecule has 0 saturated carbocycles. The summed E-state index contributed by atoms with van der Waals surface area (Å²) in [5.74, 6) is 0.449. The van der Waals surface area contributed by atoms with Gasteiger partial charge >= 0.3 is 0 Å². The third-order valence-electron chi connectivity index (χ3n) is 4.89. The van der Waals surface area contributed by atoms with Crippen LogP contribution in [0, 0.1) is 5.82 Å². The molecule has 2 aromatic carbocycles. The second-order valence-electron chi connectivity index (χ2n) is 7.31. The lowest BCUT2D eigenvalue weighted by molar-refractivity contribution is -0.136. The number of sulfone groups is 1. The molecule has 0 radical (unpaired) electrons. The van der Waals surface area contributed by atoms with E-state index in [4.69, 9.17) is 9.47 Å².